The lowest BCUT2D eigenvalue weighted by Crippen LogP contribution is -2.47. The number of morpholine rings is 1. The fourth-order valence-corrected chi connectivity index (χ4v) is 3.45. The smallest absolute Gasteiger partial charge is 0.325 e. The van der Waals surface area contributed by atoms with E-state index < -0.39 is 11.6 Å². The maximum Gasteiger partial charge on any atom is 0.325 e. The summed E-state index contributed by atoms with van der Waals surface area (Å²) >= 11 is 1.40. The lowest BCUT2D eigenvalue weighted by Gasteiger charge is -2.28. The fourth-order valence-electron chi connectivity index (χ4n) is 2.62. The third-order valence-corrected chi connectivity index (χ3v) is 5.04. The van der Waals surface area contributed by atoms with Crippen molar-refractivity contribution in [3.63, 3.8) is 0 Å². The zero-order valence-corrected chi connectivity index (χ0v) is 13.0. The van der Waals surface area contributed by atoms with Crippen LogP contribution in [0.3, 0.4) is 0 Å². The van der Waals surface area contributed by atoms with E-state index in [0.29, 0.717) is 26.3 Å². The van der Waals surface area contributed by atoms with Gasteiger partial charge < -0.3 is 15.0 Å². The van der Waals surface area contributed by atoms with Crippen LogP contribution in [0.2, 0.25) is 0 Å². The second kappa shape index (κ2) is 5.69. The van der Waals surface area contributed by atoms with Gasteiger partial charge in [0.25, 0.3) is 5.91 Å². The van der Waals surface area contributed by atoms with Crippen molar-refractivity contribution in [3.05, 3.63) is 22.4 Å². The Hall–Kier alpha value is -1.93. The third kappa shape index (κ3) is 2.48. The average Bonchev–Trinajstić information content (AvgIpc) is 3.13. The van der Waals surface area contributed by atoms with Crippen LogP contribution in [0.4, 0.5) is 4.79 Å². The molecule has 2 fully saturated rings. The average molecular weight is 323 g/mol. The Balaban J connectivity index is 1.73. The van der Waals surface area contributed by atoms with E-state index in [4.69, 9.17) is 4.74 Å². The van der Waals surface area contributed by atoms with E-state index in [1.54, 1.807) is 17.9 Å². The van der Waals surface area contributed by atoms with E-state index in [-0.39, 0.29) is 18.4 Å². The van der Waals surface area contributed by atoms with Gasteiger partial charge in [0, 0.05) is 18.0 Å². The molecular formula is C14H17N3O4S. The molecule has 2 aliphatic rings. The molecular weight excluding hydrogens is 306 g/mol. The minimum Gasteiger partial charge on any atom is -0.378 e. The third-order valence-electron chi connectivity index (χ3n) is 3.95. The first-order chi connectivity index (χ1) is 10.5. The normalized spacial score (nSPS) is 25.5. The summed E-state index contributed by atoms with van der Waals surface area (Å²) in [6.45, 7) is 3.39. The molecule has 1 unspecified atom stereocenters. The Morgan fingerprint density at radius 2 is 2.14 bits per heavy atom. The highest BCUT2D eigenvalue weighted by Gasteiger charge is 2.50. The second-order valence-corrected chi connectivity index (χ2v) is 6.36. The Kier molecular flexibility index (Phi) is 3.88. The summed E-state index contributed by atoms with van der Waals surface area (Å²) in [5, 5.41) is 4.54. The molecule has 4 amide bonds. The molecule has 1 N–H and O–H groups in total. The van der Waals surface area contributed by atoms with Gasteiger partial charge in [-0.1, -0.05) is 6.07 Å². The van der Waals surface area contributed by atoms with Gasteiger partial charge in [0.2, 0.25) is 5.91 Å². The van der Waals surface area contributed by atoms with Crippen molar-refractivity contribution in [3.8, 4) is 0 Å². The molecule has 0 spiro atoms. The quantitative estimate of drug-likeness (QED) is 0.816. The highest BCUT2D eigenvalue weighted by atomic mass is 32.1. The van der Waals surface area contributed by atoms with E-state index in [9.17, 15) is 14.4 Å². The monoisotopic (exact) mass is 323 g/mol. The number of carbonyl (C=O) groups excluding carboxylic acids is 3. The zero-order valence-electron chi connectivity index (χ0n) is 12.2. The first-order valence-corrected chi connectivity index (χ1v) is 7.94. The van der Waals surface area contributed by atoms with Gasteiger partial charge in [0.05, 0.1) is 13.2 Å². The molecule has 1 atom stereocenters. The molecule has 2 saturated heterocycles. The van der Waals surface area contributed by atoms with Crippen molar-refractivity contribution >= 4 is 29.2 Å². The number of nitrogens with zero attached hydrogens (tertiary/aromatic N) is 2. The number of rotatable bonds is 3. The number of urea groups is 1. The standard InChI is InChI=1S/C14H17N3O4S/c1-14(10-3-2-8-22-10)12(19)17(13(20)15-14)9-11(18)16-4-6-21-7-5-16/h2-3,8H,4-7,9H2,1H3,(H,15,20). The topological polar surface area (TPSA) is 79.0 Å². The predicted octanol–water partition coefficient (Wildman–Crippen LogP) is 0.374. The van der Waals surface area contributed by atoms with Crippen molar-refractivity contribution in [1.29, 1.82) is 0 Å². The van der Waals surface area contributed by atoms with Crippen LogP contribution in [0.1, 0.15) is 11.8 Å². The summed E-state index contributed by atoms with van der Waals surface area (Å²) in [6.07, 6.45) is 0. The highest BCUT2D eigenvalue weighted by molar-refractivity contribution is 7.10. The minimum atomic E-state index is -1.09. The molecule has 7 nitrogen and oxygen atoms in total. The Morgan fingerprint density at radius 3 is 2.77 bits per heavy atom. The first kappa shape index (κ1) is 15.0. The molecule has 0 saturated carbocycles. The van der Waals surface area contributed by atoms with Crippen LogP contribution in [-0.2, 0) is 19.9 Å². The summed E-state index contributed by atoms with van der Waals surface area (Å²) in [6, 6.07) is 3.10. The number of hydrogen-bond donors (Lipinski definition) is 1. The second-order valence-electron chi connectivity index (χ2n) is 5.42. The minimum absolute atomic E-state index is 0.231. The molecule has 22 heavy (non-hydrogen) atoms. The van der Waals surface area contributed by atoms with Crippen molar-refractivity contribution in [2.24, 2.45) is 0 Å². The molecule has 8 heteroatoms. The number of carbonyl (C=O) groups is 3. The fraction of sp³-hybridized carbons (Fsp3) is 0.500. The number of hydrogen-bond acceptors (Lipinski definition) is 5. The predicted molar refractivity (Wildman–Crippen MR) is 79.3 cm³/mol. The van der Waals surface area contributed by atoms with Gasteiger partial charge in [-0.05, 0) is 18.4 Å². The Morgan fingerprint density at radius 1 is 1.41 bits per heavy atom. The SMILES string of the molecule is CC1(c2cccs2)NC(=O)N(CC(=O)N2CCOCC2)C1=O. The lowest BCUT2D eigenvalue weighted by molar-refractivity contribution is -0.141. The summed E-state index contributed by atoms with van der Waals surface area (Å²) < 4.78 is 5.19. The largest absolute Gasteiger partial charge is 0.378 e. The Labute approximate surface area is 131 Å². The zero-order chi connectivity index (χ0) is 15.7. The summed E-state index contributed by atoms with van der Waals surface area (Å²) in [7, 11) is 0. The van der Waals surface area contributed by atoms with Gasteiger partial charge >= 0.3 is 6.03 Å². The highest BCUT2D eigenvalue weighted by Crippen LogP contribution is 2.31. The molecule has 1 aromatic rings. The molecule has 1 aromatic heterocycles. The van der Waals surface area contributed by atoms with Gasteiger partial charge in [-0.3, -0.25) is 14.5 Å². The summed E-state index contributed by atoms with van der Waals surface area (Å²) in [5.74, 6) is -0.621. The summed E-state index contributed by atoms with van der Waals surface area (Å²) in [4.78, 5) is 40.3. The van der Waals surface area contributed by atoms with Crippen LogP contribution < -0.4 is 5.32 Å². The molecule has 0 radical (unpaired) electrons. The van der Waals surface area contributed by atoms with Crippen molar-refractivity contribution in [2.75, 3.05) is 32.8 Å². The number of imide groups is 1. The van der Waals surface area contributed by atoms with E-state index in [0.717, 1.165) is 9.78 Å². The van der Waals surface area contributed by atoms with E-state index in [2.05, 4.69) is 5.32 Å². The molecule has 2 aliphatic heterocycles. The molecule has 3 heterocycles. The lowest BCUT2D eigenvalue weighted by atomic mass is 10.0. The molecule has 118 valence electrons. The van der Waals surface area contributed by atoms with Crippen molar-refractivity contribution in [1.82, 2.24) is 15.1 Å². The van der Waals surface area contributed by atoms with E-state index in [1.165, 1.54) is 11.3 Å². The van der Waals surface area contributed by atoms with Crippen LogP contribution in [0.5, 0.6) is 0 Å². The number of ether oxygens (including phenoxy) is 1. The van der Waals surface area contributed by atoms with Crippen molar-refractivity contribution in [2.45, 2.75) is 12.5 Å². The number of nitrogens with one attached hydrogen (secondary N) is 1. The maximum absolute atomic E-state index is 12.6. The van der Waals surface area contributed by atoms with Gasteiger partial charge in [-0.15, -0.1) is 11.3 Å². The van der Waals surface area contributed by atoms with Gasteiger partial charge in [0.1, 0.15) is 6.54 Å². The summed E-state index contributed by atoms with van der Waals surface area (Å²) in [5.41, 5.74) is -1.09. The molecule has 0 aliphatic carbocycles. The molecule has 0 bridgehead atoms. The number of thiophene rings is 1. The van der Waals surface area contributed by atoms with Gasteiger partial charge in [-0.25, -0.2) is 4.79 Å². The van der Waals surface area contributed by atoms with Crippen molar-refractivity contribution < 1.29 is 19.1 Å². The van der Waals surface area contributed by atoms with E-state index in [1.807, 2.05) is 11.4 Å². The van der Waals surface area contributed by atoms with Crippen LogP contribution in [-0.4, -0.2) is 60.5 Å². The van der Waals surface area contributed by atoms with Crippen LogP contribution >= 0.6 is 11.3 Å². The maximum atomic E-state index is 12.6. The first-order valence-electron chi connectivity index (χ1n) is 7.06. The molecule has 3 rings (SSSR count). The number of amides is 4. The van der Waals surface area contributed by atoms with Gasteiger partial charge in [0.15, 0.2) is 5.54 Å². The van der Waals surface area contributed by atoms with E-state index >= 15 is 0 Å². The van der Waals surface area contributed by atoms with Crippen LogP contribution in [0.25, 0.3) is 0 Å². The van der Waals surface area contributed by atoms with Crippen LogP contribution in [0, 0.1) is 0 Å². The van der Waals surface area contributed by atoms with Crippen LogP contribution in [0.15, 0.2) is 17.5 Å². The Bertz CT molecular complexity index is 597. The van der Waals surface area contributed by atoms with Gasteiger partial charge in [-0.2, -0.15) is 0 Å². The molecule has 0 aromatic carbocycles.